The molecule has 94 valence electrons. The Morgan fingerprint density at radius 1 is 1.47 bits per heavy atom. The van der Waals surface area contributed by atoms with E-state index in [0.717, 1.165) is 37.2 Å². The van der Waals surface area contributed by atoms with Gasteiger partial charge in [-0.2, -0.15) is 0 Å². The molecular weight excluding hydrogens is 220 g/mol. The quantitative estimate of drug-likeness (QED) is 0.677. The van der Waals surface area contributed by atoms with Gasteiger partial charge in [0.1, 0.15) is 11.4 Å². The average molecular weight is 238 g/mol. The van der Waals surface area contributed by atoms with Crippen molar-refractivity contribution in [3.63, 3.8) is 0 Å². The molecule has 1 saturated carbocycles. The summed E-state index contributed by atoms with van der Waals surface area (Å²) < 4.78 is 4.59. The molecule has 1 amide bonds. The first-order valence-electron chi connectivity index (χ1n) is 6.04. The molecule has 2 rings (SSSR count). The highest BCUT2D eigenvalue weighted by Crippen LogP contribution is 2.18. The molecule has 0 saturated heterocycles. The molecule has 0 aromatic carbocycles. The van der Waals surface area contributed by atoms with Crippen LogP contribution in [0.3, 0.4) is 0 Å². The number of hydrogen-bond acceptors (Lipinski definition) is 5. The molecule has 0 unspecified atom stereocenters. The van der Waals surface area contributed by atoms with Crippen LogP contribution in [0.15, 0.2) is 4.63 Å². The van der Waals surface area contributed by atoms with Crippen molar-refractivity contribution in [2.75, 3.05) is 6.54 Å². The van der Waals surface area contributed by atoms with Crippen LogP contribution in [0.2, 0.25) is 0 Å². The Morgan fingerprint density at radius 3 is 2.94 bits per heavy atom. The predicted molar refractivity (Wildman–Crippen MR) is 61.1 cm³/mol. The predicted octanol–water partition coefficient (Wildman–Crippen LogP) is 0.526. The fourth-order valence-corrected chi connectivity index (χ4v) is 1.52. The van der Waals surface area contributed by atoms with E-state index in [2.05, 4.69) is 25.6 Å². The first-order chi connectivity index (χ1) is 8.25. The maximum atomic E-state index is 11.4. The molecule has 6 heteroatoms. The smallest absolute Gasteiger partial charge is 0.220 e. The molecule has 1 fully saturated rings. The highest BCUT2D eigenvalue weighted by atomic mass is 16.6. The van der Waals surface area contributed by atoms with Gasteiger partial charge in [0, 0.05) is 19.0 Å². The van der Waals surface area contributed by atoms with Crippen LogP contribution in [-0.2, 0) is 11.3 Å². The number of amides is 1. The summed E-state index contributed by atoms with van der Waals surface area (Å²) in [5, 5.41) is 13.6. The number of nitrogens with zero attached hydrogens (tertiary/aromatic N) is 2. The van der Waals surface area contributed by atoms with Crippen molar-refractivity contribution in [3.05, 3.63) is 11.4 Å². The van der Waals surface area contributed by atoms with Crippen LogP contribution in [0.1, 0.15) is 37.1 Å². The van der Waals surface area contributed by atoms with Crippen LogP contribution >= 0.6 is 0 Å². The van der Waals surface area contributed by atoms with Gasteiger partial charge in [-0.15, -0.1) is 0 Å². The lowest BCUT2D eigenvalue weighted by molar-refractivity contribution is -0.121. The topological polar surface area (TPSA) is 80.1 Å². The van der Waals surface area contributed by atoms with Crippen LogP contribution in [0.5, 0.6) is 0 Å². The third kappa shape index (κ3) is 4.14. The van der Waals surface area contributed by atoms with E-state index in [-0.39, 0.29) is 5.91 Å². The van der Waals surface area contributed by atoms with Gasteiger partial charge in [-0.1, -0.05) is 10.3 Å². The van der Waals surface area contributed by atoms with Gasteiger partial charge in [-0.05, 0) is 32.7 Å². The van der Waals surface area contributed by atoms with Crippen molar-refractivity contribution in [1.29, 1.82) is 0 Å². The summed E-state index contributed by atoms with van der Waals surface area (Å²) in [6.45, 7) is 3.29. The summed E-state index contributed by atoms with van der Waals surface area (Å²) in [5.41, 5.74) is 1.64. The van der Waals surface area contributed by atoms with Gasteiger partial charge in [-0.3, -0.25) is 4.79 Å². The van der Waals surface area contributed by atoms with Crippen LogP contribution < -0.4 is 10.6 Å². The Bertz CT molecular complexity index is 373. The van der Waals surface area contributed by atoms with E-state index >= 15 is 0 Å². The van der Waals surface area contributed by atoms with Crippen LogP contribution in [0.4, 0.5) is 0 Å². The summed E-state index contributed by atoms with van der Waals surface area (Å²) in [6, 6.07) is 0.458. The lowest BCUT2D eigenvalue weighted by Crippen LogP contribution is -2.26. The van der Waals surface area contributed by atoms with Crippen molar-refractivity contribution in [1.82, 2.24) is 20.9 Å². The second kappa shape index (κ2) is 5.77. The van der Waals surface area contributed by atoms with E-state index < -0.39 is 0 Å². The van der Waals surface area contributed by atoms with Crippen LogP contribution in [-0.4, -0.2) is 28.8 Å². The van der Waals surface area contributed by atoms with E-state index in [0.29, 0.717) is 19.0 Å². The second-order valence-corrected chi connectivity index (χ2v) is 4.42. The van der Waals surface area contributed by atoms with E-state index in [4.69, 9.17) is 0 Å². The molecule has 0 spiro atoms. The average Bonchev–Trinajstić information content (AvgIpc) is 3.01. The molecule has 17 heavy (non-hydrogen) atoms. The highest BCUT2D eigenvalue weighted by molar-refractivity contribution is 5.76. The molecule has 0 bridgehead atoms. The molecule has 6 nitrogen and oxygen atoms in total. The van der Waals surface area contributed by atoms with Crippen LogP contribution in [0.25, 0.3) is 0 Å². The SMILES string of the molecule is Cc1nonc1CNCCCC(=O)NC1CC1. The number of aryl methyl sites for hydroxylation is 1. The Balaban J connectivity index is 1.51. The van der Waals surface area contributed by atoms with Crippen molar-refractivity contribution >= 4 is 5.91 Å². The third-order valence-corrected chi connectivity index (χ3v) is 2.74. The molecule has 1 heterocycles. The summed E-state index contributed by atoms with van der Waals surface area (Å²) >= 11 is 0. The molecule has 1 aliphatic carbocycles. The standard InChI is InChI=1S/C11H18N4O2/c1-8-10(15-17-14-8)7-12-6-2-3-11(16)13-9-4-5-9/h9,12H,2-7H2,1H3,(H,13,16). The zero-order chi connectivity index (χ0) is 12.1. The monoisotopic (exact) mass is 238 g/mol. The van der Waals surface area contributed by atoms with Crippen LogP contribution in [0, 0.1) is 6.92 Å². The minimum absolute atomic E-state index is 0.161. The van der Waals surface area contributed by atoms with Gasteiger partial charge in [0.15, 0.2) is 0 Å². The largest absolute Gasteiger partial charge is 0.353 e. The van der Waals surface area contributed by atoms with E-state index in [1.165, 1.54) is 0 Å². The molecule has 0 aliphatic heterocycles. The maximum absolute atomic E-state index is 11.4. The first-order valence-corrected chi connectivity index (χ1v) is 6.04. The number of carbonyl (C=O) groups excluding carboxylic acids is 1. The second-order valence-electron chi connectivity index (χ2n) is 4.42. The van der Waals surface area contributed by atoms with E-state index in [9.17, 15) is 4.79 Å². The summed E-state index contributed by atoms with van der Waals surface area (Å²) in [6.07, 6.45) is 3.70. The molecule has 0 atom stereocenters. The number of nitrogens with one attached hydrogen (secondary N) is 2. The first kappa shape index (κ1) is 12.0. The Morgan fingerprint density at radius 2 is 2.29 bits per heavy atom. The zero-order valence-electron chi connectivity index (χ0n) is 10.0. The lowest BCUT2D eigenvalue weighted by Gasteiger charge is -2.04. The van der Waals surface area contributed by atoms with Gasteiger partial charge in [0.25, 0.3) is 0 Å². The summed E-state index contributed by atoms with van der Waals surface area (Å²) in [4.78, 5) is 11.4. The molecule has 1 aromatic heterocycles. The van der Waals surface area contributed by atoms with Crippen molar-refractivity contribution in [2.24, 2.45) is 0 Å². The third-order valence-electron chi connectivity index (χ3n) is 2.74. The van der Waals surface area contributed by atoms with Gasteiger partial charge in [-0.25, -0.2) is 4.63 Å². The van der Waals surface area contributed by atoms with Gasteiger partial charge >= 0.3 is 0 Å². The van der Waals surface area contributed by atoms with Crippen molar-refractivity contribution in [3.8, 4) is 0 Å². The zero-order valence-corrected chi connectivity index (χ0v) is 10.0. The molecule has 0 radical (unpaired) electrons. The molecular formula is C11H18N4O2. The fourth-order valence-electron chi connectivity index (χ4n) is 1.52. The minimum atomic E-state index is 0.161. The Kier molecular flexibility index (Phi) is 4.08. The van der Waals surface area contributed by atoms with Crippen molar-refractivity contribution < 1.29 is 9.42 Å². The summed E-state index contributed by atoms with van der Waals surface area (Å²) in [7, 11) is 0. The number of rotatable bonds is 7. The minimum Gasteiger partial charge on any atom is -0.353 e. The molecule has 2 N–H and O–H groups in total. The number of carbonyl (C=O) groups is 1. The van der Waals surface area contributed by atoms with E-state index in [1.807, 2.05) is 6.92 Å². The highest BCUT2D eigenvalue weighted by Gasteiger charge is 2.22. The Labute approximate surface area is 100 Å². The van der Waals surface area contributed by atoms with Crippen molar-refractivity contribution in [2.45, 2.75) is 45.2 Å². The molecule has 1 aromatic rings. The summed E-state index contributed by atoms with van der Waals surface area (Å²) in [5.74, 6) is 0.161. The van der Waals surface area contributed by atoms with E-state index in [1.54, 1.807) is 0 Å². The number of hydrogen-bond donors (Lipinski definition) is 2. The normalized spacial score (nSPS) is 14.9. The van der Waals surface area contributed by atoms with Gasteiger partial charge in [0.05, 0.1) is 0 Å². The fraction of sp³-hybridized carbons (Fsp3) is 0.727. The maximum Gasteiger partial charge on any atom is 0.220 e. The molecule has 1 aliphatic rings. The number of aromatic nitrogens is 2. The van der Waals surface area contributed by atoms with Gasteiger partial charge in [0.2, 0.25) is 5.91 Å². The van der Waals surface area contributed by atoms with Gasteiger partial charge < -0.3 is 10.6 Å². The lowest BCUT2D eigenvalue weighted by atomic mass is 10.3. The Hall–Kier alpha value is -1.43.